The van der Waals surface area contributed by atoms with Crippen LogP contribution in [0.5, 0.6) is 5.75 Å². The van der Waals surface area contributed by atoms with E-state index >= 15 is 0 Å². The van der Waals surface area contributed by atoms with Crippen LogP contribution in [0.4, 0.5) is 0 Å². The summed E-state index contributed by atoms with van der Waals surface area (Å²) < 4.78 is 5.94. The van der Waals surface area contributed by atoms with Gasteiger partial charge in [-0.15, -0.1) is 0 Å². The van der Waals surface area contributed by atoms with E-state index in [1.54, 1.807) is 6.07 Å². The largest absolute Gasteiger partial charge is 0.496 e. The molecule has 1 heterocycles. The van der Waals surface area contributed by atoms with Crippen LogP contribution >= 0.6 is 23.2 Å². The van der Waals surface area contributed by atoms with Gasteiger partial charge in [-0.3, -0.25) is 4.79 Å². The van der Waals surface area contributed by atoms with Crippen LogP contribution in [-0.4, -0.2) is 44.1 Å². The molecule has 0 radical (unpaired) electrons. The number of hydrogen-bond acceptors (Lipinski definition) is 3. The van der Waals surface area contributed by atoms with E-state index in [1.165, 1.54) is 54.5 Å². The van der Waals surface area contributed by atoms with Crippen molar-refractivity contribution in [3.8, 4) is 16.9 Å². The van der Waals surface area contributed by atoms with Gasteiger partial charge in [0.05, 0.1) is 7.11 Å². The fraction of sp³-hybridized carbons (Fsp3) is 0.424. The minimum absolute atomic E-state index is 0.0384. The molecule has 0 spiro atoms. The van der Waals surface area contributed by atoms with Gasteiger partial charge in [-0.1, -0.05) is 53.5 Å². The molecule has 3 aromatic rings. The lowest BCUT2D eigenvalue weighted by Crippen LogP contribution is -2.34. The minimum Gasteiger partial charge on any atom is -0.496 e. The predicted molar refractivity (Wildman–Crippen MR) is 162 cm³/mol. The molecular weight excluding hydrogens is 527 g/mol. The number of unbranched alkanes of at least 4 members (excludes halogenated alkanes) is 1. The Labute approximate surface area is 242 Å². The maximum absolute atomic E-state index is 12.6. The van der Waals surface area contributed by atoms with Crippen molar-refractivity contribution < 1.29 is 9.53 Å². The van der Waals surface area contributed by atoms with E-state index in [9.17, 15) is 4.79 Å². The number of hydrogen-bond donors (Lipinski definition) is 1. The topological polar surface area (TPSA) is 41.6 Å². The van der Waals surface area contributed by atoms with Crippen molar-refractivity contribution in [2.45, 2.75) is 57.3 Å². The molecule has 2 aliphatic rings. The highest BCUT2D eigenvalue weighted by atomic mass is 35.5. The number of methoxy groups -OCH3 is 1. The van der Waals surface area contributed by atoms with Gasteiger partial charge in [0.25, 0.3) is 5.91 Å². The van der Waals surface area contributed by atoms with Gasteiger partial charge in [-0.2, -0.15) is 0 Å². The van der Waals surface area contributed by atoms with Gasteiger partial charge in [-0.05, 0) is 123 Å². The number of carbonyl (C=O) groups is 1. The number of ether oxygens (including phenoxy) is 1. The number of halogens is 2. The highest BCUT2D eigenvalue weighted by molar-refractivity contribution is 6.36. The summed E-state index contributed by atoms with van der Waals surface area (Å²) in [6.45, 7) is 4.02. The second-order valence-corrected chi connectivity index (χ2v) is 11.7. The fourth-order valence-electron chi connectivity index (χ4n) is 6.13. The lowest BCUT2D eigenvalue weighted by atomic mass is 9.83. The summed E-state index contributed by atoms with van der Waals surface area (Å²) in [6.07, 6.45) is 9.35. The number of carbonyl (C=O) groups excluding carboxylic acids is 1. The van der Waals surface area contributed by atoms with Crippen molar-refractivity contribution in [2.75, 3.05) is 33.3 Å². The number of nitrogens with one attached hydrogen (secondary N) is 1. The molecule has 0 unspecified atom stereocenters. The Morgan fingerprint density at radius 1 is 0.974 bits per heavy atom. The van der Waals surface area contributed by atoms with Gasteiger partial charge < -0.3 is 15.0 Å². The van der Waals surface area contributed by atoms with Gasteiger partial charge >= 0.3 is 0 Å². The van der Waals surface area contributed by atoms with E-state index in [-0.39, 0.29) is 5.91 Å². The zero-order chi connectivity index (χ0) is 27.2. The normalized spacial score (nSPS) is 16.1. The van der Waals surface area contributed by atoms with Crippen LogP contribution < -0.4 is 10.1 Å². The Bertz CT molecular complexity index is 1280. The fourth-order valence-corrected chi connectivity index (χ4v) is 6.65. The smallest absolute Gasteiger partial charge is 0.251 e. The number of rotatable bonds is 9. The first-order chi connectivity index (χ1) is 19.0. The van der Waals surface area contributed by atoms with Crippen molar-refractivity contribution in [2.24, 2.45) is 0 Å². The highest BCUT2D eigenvalue weighted by Gasteiger charge is 2.26. The number of aryl methyl sites for hydroxylation is 1. The second kappa shape index (κ2) is 13.2. The van der Waals surface area contributed by atoms with Crippen LogP contribution in [0, 0.1) is 0 Å². The number of piperidine rings is 1. The summed E-state index contributed by atoms with van der Waals surface area (Å²) >= 11 is 12.3. The molecule has 4 nitrogen and oxygen atoms in total. The summed E-state index contributed by atoms with van der Waals surface area (Å²) in [5.74, 6) is 1.72. The van der Waals surface area contributed by atoms with E-state index in [2.05, 4.69) is 22.3 Å². The van der Waals surface area contributed by atoms with Gasteiger partial charge in [-0.25, -0.2) is 0 Å². The Kier molecular flexibility index (Phi) is 9.49. The molecule has 1 aliphatic carbocycles. The highest BCUT2D eigenvalue weighted by Crippen LogP contribution is 2.40. The molecule has 1 aliphatic heterocycles. The SMILES string of the molecule is COc1c(C2CCN(CCCCNC(=O)c3ccc(-c4ccc(Cl)cc4Cl)cc3)CC2)ccc2c1CCCC2. The number of likely N-dealkylation sites (tertiary alicyclic amines) is 1. The second-order valence-electron chi connectivity index (χ2n) is 10.8. The molecule has 0 atom stereocenters. The summed E-state index contributed by atoms with van der Waals surface area (Å²) in [7, 11) is 1.84. The first-order valence-electron chi connectivity index (χ1n) is 14.3. The number of benzene rings is 3. The zero-order valence-corrected chi connectivity index (χ0v) is 24.3. The minimum atomic E-state index is -0.0384. The van der Waals surface area contributed by atoms with E-state index < -0.39 is 0 Å². The Balaban J connectivity index is 1.03. The summed E-state index contributed by atoms with van der Waals surface area (Å²) in [5.41, 5.74) is 6.90. The van der Waals surface area contributed by atoms with Crippen molar-refractivity contribution in [1.82, 2.24) is 10.2 Å². The van der Waals surface area contributed by atoms with Gasteiger partial charge in [0, 0.05) is 27.7 Å². The molecule has 1 saturated heterocycles. The Hall–Kier alpha value is -2.53. The first-order valence-corrected chi connectivity index (χ1v) is 15.0. The third kappa shape index (κ3) is 6.80. The lowest BCUT2D eigenvalue weighted by molar-refractivity contribution is 0.0952. The molecule has 39 heavy (non-hydrogen) atoms. The molecule has 1 amide bonds. The standard InChI is InChI=1S/C33H38Cl2N2O2/c1-39-32-29-7-3-2-6-23(29)12-14-30(32)25-16-20-37(21-17-25)19-5-4-18-36-33(38)26-10-8-24(9-11-26)28-15-13-27(34)22-31(28)35/h8-15,22,25H,2-7,16-21H2,1H3,(H,36,38). The van der Waals surface area contributed by atoms with Crippen LogP contribution in [0.2, 0.25) is 10.0 Å². The van der Waals surface area contributed by atoms with E-state index in [0.717, 1.165) is 50.0 Å². The molecule has 1 N–H and O–H groups in total. The zero-order valence-electron chi connectivity index (χ0n) is 22.8. The molecule has 206 valence electrons. The van der Waals surface area contributed by atoms with Crippen molar-refractivity contribution in [1.29, 1.82) is 0 Å². The van der Waals surface area contributed by atoms with Gasteiger partial charge in [0.15, 0.2) is 0 Å². The average Bonchev–Trinajstić information content (AvgIpc) is 2.97. The van der Waals surface area contributed by atoms with E-state index in [1.807, 2.05) is 43.5 Å². The molecule has 0 aromatic heterocycles. The summed E-state index contributed by atoms with van der Waals surface area (Å²) in [5, 5.41) is 4.27. The lowest BCUT2D eigenvalue weighted by Gasteiger charge is -2.33. The van der Waals surface area contributed by atoms with Gasteiger partial charge in [0.2, 0.25) is 0 Å². The Morgan fingerprint density at radius 2 is 1.74 bits per heavy atom. The first kappa shape index (κ1) is 28.0. The number of nitrogens with zero attached hydrogens (tertiary/aromatic N) is 1. The molecule has 3 aromatic carbocycles. The maximum atomic E-state index is 12.6. The van der Waals surface area contributed by atoms with Crippen molar-refractivity contribution in [3.05, 3.63) is 86.9 Å². The van der Waals surface area contributed by atoms with Crippen molar-refractivity contribution in [3.63, 3.8) is 0 Å². The van der Waals surface area contributed by atoms with Crippen LogP contribution in [0.25, 0.3) is 11.1 Å². The van der Waals surface area contributed by atoms with Crippen LogP contribution in [0.1, 0.15) is 71.5 Å². The molecular formula is C33H38Cl2N2O2. The van der Waals surface area contributed by atoms with Crippen LogP contribution in [-0.2, 0) is 12.8 Å². The van der Waals surface area contributed by atoms with E-state index in [0.29, 0.717) is 28.1 Å². The summed E-state index contributed by atoms with van der Waals surface area (Å²) in [6, 6.07) is 17.7. The molecule has 6 heteroatoms. The maximum Gasteiger partial charge on any atom is 0.251 e. The van der Waals surface area contributed by atoms with Crippen molar-refractivity contribution >= 4 is 29.1 Å². The predicted octanol–water partition coefficient (Wildman–Crippen LogP) is 7.94. The number of fused-ring (bicyclic) bond motifs is 1. The molecule has 1 fully saturated rings. The third-order valence-electron chi connectivity index (χ3n) is 8.32. The third-order valence-corrected chi connectivity index (χ3v) is 8.87. The number of amides is 1. The monoisotopic (exact) mass is 564 g/mol. The molecule has 0 saturated carbocycles. The van der Waals surface area contributed by atoms with Crippen LogP contribution in [0.3, 0.4) is 0 Å². The molecule has 5 rings (SSSR count). The van der Waals surface area contributed by atoms with Gasteiger partial charge in [0.1, 0.15) is 5.75 Å². The van der Waals surface area contributed by atoms with E-state index in [4.69, 9.17) is 27.9 Å². The van der Waals surface area contributed by atoms with Crippen LogP contribution in [0.15, 0.2) is 54.6 Å². The summed E-state index contributed by atoms with van der Waals surface area (Å²) in [4.78, 5) is 15.2. The quantitative estimate of drug-likeness (QED) is 0.268. The average molecular weight is 566 g/mol. The Morgan fingerprint density at radius 3 is 2.49 bits per heavy atom. The molecule has 0 bridgehead atoms.